The number of hydrogen-bond donors (Lipinski definition) is 2. The fraction of sp³-hybridized carbons (Fsp3) is 0. The monoisotopic (exact) mass is 354 g/mol. The molecular weight excluding hydrogens is 339 g/mol. The summed E-state index contributed by atoms with van der Waals surface area (Å²) in [7, 11) is -1.56. The van der Waals surface area contributed by atoms with Gasteiger partial charge in [0.15, 0.2) is 17.5 Å². The van der Waals surface area contributed by atoms with Crippen LogP contribution in [0.5, 0.6) is 0 Å². The van der Waals surface area contributed by atoms with Gasteiger partial charge in [-0.15, -0.1) is 0 Å². The van der Waals surface area contributed by atoms with Crippen LogP contribution in [0, 0.1) is 0 Å². The van der Waals surface area contributed by atoms with E-state index in [4.69, 9.17) is 0 Å². The molecule has 2 aromatic carbocycles. The number of rotatable bonds is 4. The largest absolute Gasteiger partial charge is 0.488 e. The van der Waals surface area contributed by atoms with Gasteiger partial charge in [-0.3, -0.25) is 4.98 Å². The Morgan fingerprint density at radius 3 is 2.00 bits per heavy atom. The predicted molar refractivity (Wildman–Crippen MR) is 104 cm³/mol. The Kier molecular flexibility index (Phi) is 4.70. The van der Waals surface area contributed by atoms with Crippen molar-refractivity contribution in [3.63, 3.8) is 0 Å². The second-order valence-corrected chi connectivity index (χ2v) is 5.89. The minimum Gasteiger partial charge on any atom is -0.423 e. The first kappa shape index (κ1) is 17.0. The molecule has 4 aromatic rings. The number of benzene rings is 2. The first-order valence-electron chi connectivity index (χ1n) is 8.40. The Hall–Kier alpha value is -3.42. The molecule has 6 nitrogen and oxygen atoms in total. The van der Waals surface area contributed by atoms with Crippen molar-refractivity contribution in [3.05, 3.63) is 79.0 Å². The van der Waals surface area contributed by atoms with Crippen LogP contribution >= 0.6 is 0 Å². The molecule has 0 atom stereocenters. The zero-order chi connectivity index (χ0) is 18.6. The van der Waals surface area contributed by atoms with Crippen LogP contribution in [0.2, 0.25) is 0 Å². The quantitative estimate of drug-likeness (QED) is 0.544. The molecule has 0 saturated carbocycles. The molecule has 0 aliphatic rings. The minimum absolute atomic E-state index is 0.369. The summed E-state index contributed by atoms with van der Waals surface area (Å²) in [5.74, 6) is 1.41. The lowest BCUT2D eigenvalue weighted by Crippen LogP contribution is -2.29. The Labute approximate surface area is 156 Å². The molecule has 0 radical (unpaired) electrons. The van der Waals surface area contributed by atoms with E-state index < -0.39 is 7.12 Å². The third-order valence-electron chi connectivity index (χ3n) is 4.00. The molecule has 2 heterocycles. The van der Waals surface area contributed by atoms with Gasteiger partial charge in [0.25, 0.3) is 0 Å². The van der Waals surface area contributed by atoms with Crippen LogP contribution in [0.25, 0.3) is 34.3 Å². The second kappa shape index (κ2) is 7.45. The highest BCUT2D eigenvalue weighted by molar-refractivity contribution is 6.58. The summed E-state index contributed by atoms with van der Waals surface area (Å²) >= 11 is 0. The van der Waals surface area contributed by atoms with E-state index in [-0.39, 0.29) is 0 Å². The SMILES string of the molecule is OB(O)c1cccc(-c2nc(-c3ccccc3)nc(-c3ccccn3)n2)c1. The molecule has 0 spiro atoms. The third kappa shape index (κ3) is 3.74. The summed E-state index contributed by atoms with van der Waals surface area (Å²) < 4.78 is 0. The van der Waals surface area contributed by atoms with Gasteiger partial charge in [0, 0.05) is 17.3 Å². The summed E-state index contributed by atoms with van der Waals surface area (Å²) in [5.41, 5.74) is 2.53. The van der Waals surface area contributed by atoms with E-state index >= 15 is 0 Å². The van der Waals surface area contributed by atoms with E-state index in [0.717, 1.165) is 5.56 Å². The standard InChI is InChI=1S/C20H15BN4O2/c26-21(27)16-10-6-9-15(13-16)19-23-18(14-7-2-1-3-8-14)24-20(25-19)17-11-4-5-12-22-17/h1-13,26-27H. The Balaban J connectivity index is 1.90. The van der Waals surface area contributed by atoms with Crippen LogP contribution in [0.15, 0.2) is 79.0 Å². The average Bonchev–Trinajstić information content (AvgIpc) is 2.75. The normalized spacial score (nSPS) is 10.6. The lowest BCUT2D eigenvalue weighted by atomic mass is 9.79. The van der Waals surface area contributed by atoms with E-state index in [0.29, 0.717) is 34.2 Å². The van der Waals surface area contributed by atoms with Crippen molar-refractivity contribution in [2.45, 2.75) is 0 Å². The van der Waals surface area contributed by atoms with E-state index in [1.807, 2.05) is 54.6 Å². The molecule has 0 aliphatic heterocycles. The van der Waals surface area contributed by atoms with Gasteiger partial charge >= 0.3 is 7.12 Å². The molecule has 0 bridgehead atoms. The number of hydrogen-bond acceptors (Lipinski definition) is 6. The number of pyridine rings is 1. The van der Waals surface area contributed by atoms with Crippen molar-refractivity contribution < 1.29 is 10.0 Å². The van der Waals surface area contributed by atoms with Crippen LogP contribution in [0.4, 0.5) is 0 Å². The first-order valence-corrected chi connectivity index (χ1v) is 8.40. The minimum atomic E-state index is -1.56. The molecule has 130 valence electrons. The third-order valence-corrected chi connectivity index (χ3v) is 4.00. The molecule has 4 rings (SSSR count). The zero-order valence-corrected chi connectivity index (χ0v) is 14.3. The van der Waals surface area contributed by atoms with Crippen molar-refractivity contribution in [2.75, 3.05) is 0 Å². The predicted octanol–water partition coefficient (Wildman–Crippen LogP) is 1.95. The Morgan fingerprint density at radius 1 is 0.630 bits per heavy atom. The van der Waals surface area contributed by atoms with Gasteiger partial charge in [-0.1, -0.05) is 60.7 Å². The van der Waals surface area contributed by atoms with Gasteiger partial charge in [0.05, 0.1) is 0 Å². The van der Waals surface area contributed by atoms with Crippen LogP contribution in [-0.2, 0) is 0 Å². The molecule has 7 heteroatoms. The Bertz CT molecular complexity index is 1000. The summed E-state index contributed by atoms with van der Waals surface area (Å²) in [5, 5.41) is 18.9. The summed E-state index contributed by atoms with van der Waals surface area (Å²) in [6.07, 6.45) is 1.68. The smallest absolute Gasteiger partial charge is 0.423 e. The summed E-state index contributed by atoms with van der Waals surface area (Å²) in [6, 6.07) is 22.0. The van der Waals surface area contributed by atoms with Gasteiger partial charge in [-0.25, -0.2) is 15.0 Å². The number of aromatic nitrogens is 4. The second-order valence-electron chi connectivity index (χ2n) is 5.89. The van der Waals surface area contributed by atoms with Gasteiger partial charge in [-0.05, 0) is 17.6 Å². The molecule has 2 N–H and O–H groups in total. The van der Waals surface area contributed by atoms with Crippen molar-refractivity contribution in [2.24, 2.45) is 0 Å². The lowest BCUT2D eigenvalue weighted by molar-refractivity contribution is 0.426. The zero-order valence-electron chi connectivity index (χ0n) is 14.3. The molecule has 27 heavy (non-hydrogen) atoms. The van der Waals surface area contributed by atoms with Crippen LogP contribution in [0.1, 0.15) is 0 Å². The molecule has 0 fully saturated rings. The molecule has 0 unspecified atom stereocenters. The highest BCUT2D eigenvalue weighted by Gasteiger charge is 2.15. The molecule has 0 amide bonds. The van der Waals surface area contributed by atoms with Gasteiger partial charge < -0.3 is 10.0 Å². The molecule has 0 aliphatic carbocycles. The van der Waals surface area contributed by atoms with Crippen LogP contribution < -0.4 is 5.46 Å². The Morgan fingerprint density at radius 2 is 1.30 bits per heavy atom. The lowest BCUT2D eigenvalue weighted by Gasteiger charge is -2.08. The highest BCUT2D eigenvalue weighted by atomic mass is 16.4. The summed E-state index contributed by atoms with van der Waals surface area (Å²) in [4.78, 5) is 18.0. The van der Waals surface area contributed by atoms with Crippen LogP contribution in [0.3, 0.4) is 0 Å². The van der Waals surface area contributed by atoms with Crippen molar-refractivity contribution in [3.8, 4) is 34.3 Å². The summed E-state index contributed by atoms with van der Waals surface area (Å²) in [6.45, 7) is 0. The molecule has 0 saturated heterocycles. The van der Waals surface area contributed by atoms with E-state index in [9.17, 15) is 10.0 Å². The maximum Gasteiger partial charge on any atom is 0.488 e. The number of nitrogens with zero attached hydrogens (tertiary/aromatic N) is 4. The maximum absolute atomic E-state index is 9.45. The van der Waals surface area contributed by atoms with E-state index in [1.165, 1.54) is 0 Å². The first-order chi connectivity index (χ1) is 13.2. The molecular formula is C20H15BN4O2. The van der Waals surface area contributed by atoms with Crippen molar-refractivity contribution in [1.82, 2.24) is 19.9 Å². The van der Waals surface area contributed by atoms with Gasteiger partial charge in [0.1, 0.15) is 5.69 Å². The fourth-order valence-corrected chi connectivity index (χ4v) is 2.67. The van der Waals surface area contributed by atoms with Crippen molar-refractivity contribution in [1.29, 1.82) is 0 Å². The topological polar surface area (TPSA) is 92.0 Å². The van der Waals surface area contributed by atoms with Crippen LogP contribution in [-0.4, -0.2) is 37.1 Å². The molecule has 2 aromatic heterocycles. The van der Waals surface area contributed by atoms with E-state index in [1.54, 1.807) is 24.4 Å². The fourth-order valence-electron chi connectivity index (χ4n) is 2.67. The highest BCUT2D eigenvalue weighted by Crippen LogP contribution is 2.23. The van der Waals surface area contributed by atoms with E-state index in [2.05, 4.69) is 19.9 Å². The van der Waals surface area contributed by atoms with Crippen molar-refractivity contribution >= 4 is 12.6 Å². The maximum atomic E-state index is 9.45. The van der Waals surface area contributed by atoms with Gasteiger partial charge in [-0.2, -0.15) is 0 Å². The average molecular weight is 354 g/mol. The van der Waals surface area contributed by atoms with Gasteiger partial charge in [0.2, 0.25) is 0 Å².